The first-order valence-electron chi connectivity index (χ1n) is 9.67. The predicted octanol–water partition coefficient (Wildman–Crippen LogP) is 3.48. The van der Waals surface area contributed by atoms with Crippen LogP contribution in [0, 0.1) is 12.8 Å². The summed E-state index contributed by atoms with van der Waals surface area (Å²) in [7, 11) is 0. The number of nitrogens with one attached hydrogen (secondary N) is 1. The summed E-state index contributed by atoms with van der Waals surface area (Å²) in [5.41, 5.74) is -2.16. The lowest BCUT2D eigenvalue weighted by molar-refractivity contribution is -0.376. The molecule has 6 nitrogen and oxygen atoms in total. The van der Waals surface area contributed by atoms with Crippen LogP contribution in [0.15, 0.2) is 33.9 Å². The van der Waals surface area contributed by atoms with Crippen LogP contribution in [0.2, 0.25) is 0 Å². The van der Waals surface area contributed by atoms with Gasteiger partial charge in [0.15, 0.2) is 0 Å². The van der Waals surface area contributed by atoms with E-state index in [9.17, 15) is 36.6 Å². The number of benzene rings is 1. The maximum Gasteiger partial charge on any atom is 0.441 e. The Morgan fingerprint density at radius 2 is 1.85 bits per heavy atom. The van der Waals surface area contributed by atoms with E-state index in [1.807, 2.05) is 22.6 Å². The molecule has 0 aromatic heterocycles. The maximum absolute atomic E-state index is 14.3. The summed E-state index contributed by atoms with van der Waals surface area (Å²) in [5.74, 6) is -3.80. The molecule has 0 radical (unpaired) electrons. The molecule has 0 saturated carbocycles. The summed E-state index contributed by atoms with van der Waals surface area (Å²) in [6.07, 6.45) is -6.48. The zero-order chi connectivity index (χ0) is 25.1. The Bertz CT molecular complexity index is 1090. The molecule has 3 unspecified atom stereocenters. The van der Waals surface area contributed by atoms with Gasteiger partial charge < -0.3 is 20.9 Å². The number of aliphatic hydroxyl groups is 1. The van der Waals surface area contributed by atoms with Gasteiger partial charge in [-0.1, -0.05) is 18.2 Å². The number of amides is 2. The zero-order valence-corrected chi connectivity index (χ0v) is 19.7. The van der Waals surface area contributed by atoms with Crippen LogP contribution in [0.1, 0.15) is 30.5 Å². The van der Waals surface area contributed by atoms with Crippen molar-refractivity contribution in [3.8, 4) is 5.75 Å². The van der Waals surface area contributed by atoms with Crippen LogP contribution < -0.4 is 15.8 Å². The molecule has 1 aliphatic heterocycles. The molecular weight excluding hydrogens is 566 g/mol. The number of primary amides is 1. The highest BCUT2D eigenvalue weighted by Crippen LogP contribution is 2.58. The highest BCUT2D eigenvalue weighted by Gasteiger charge is 2.76. The normalized spacial score (nSPS) is 28.2. The molecule has 0 saturated heterocycles. The third kappa shape index (κ3) is 3.61. The molecule has 4 N–H and O–H groups in total. The molecule has 1 aliphatic carbocycles. The van der Waals surface area contributed by atoms with E-state index in [0.29, 0.717) is 9.65 Å². The molecule has 33 heavy (non-hydrogen) atoms. The molecule has 0 fully saturated rings. The minimum atomic E-state index is -5.76. The standard InChI is InChI=1S/C21H20F5IN2O4/c1-9(2)29-16(30)15-13(27)5-4-6-18(15,17(28)31)11-8-14-12(7-10(11)3)19(32,20(22,23)24)21(25,26)33-14/h4-9,15,32H,1-3H3,(H2,28,31)(H,29,30). The highest BCUT2D eigenvalue weighted by molar-refractivity contribution is 14.1. The van der Waals surface area contributed by atoms with E-state index in [1.165, 1.54) is 19.1 Å². The molecule has 2 aliphatic rings. The Morgan fingerprint density at radius 1 is 1.24 bits per heavy atom. The van der Waals surface area contributed by atoms with E-state index in [-0.39, 0.29) is 17.2 Å². The fourth-order valence-electron chi connectivity index (χ4n) is 4.19. The van der Waals surface area contributed by atoms with E-state index < -0.39 is 52.3 Å². The fourth-order valence-corrected chi connectivity index (χ4v) is 5.17. The van der Waals surface area contributed by atoms with Crippen molar-refractivity contribution in [1.82, 2.24) is 5.32 Å². The first kappa shape index (κ1) is 25.4. The first-order valence-corrected chi connectivity index (χ1v) is 10.7. The second-order valence-electron chi connectivity index (χ2n) is 8.23. The number of aryl methyl sites for hydroxylation is 1. The van der Waals surface area contributed by atoms with Gasteiger partial charge >= 0.3 is 12.3 Å². The molecule has 1 aromatic carbocycles. The number of hydrogen-bond donors (Lipinski definition) is 3. The number of rotatable bonds is 4. The monoisotopic (exact) mass is 586 g/mol. The Morgan fingerprint density at radius 3 is 2.36 bits per heavy atom. The van der Waals surface area contributed by atoms with Crippen LogP contribution in [0.3, 0.4) is 0 Å². The molecule has 2 amide bonds. The molecule has 3 rings (SSSR count). The number of halogens is 6. The van der Waals surface area contributed by atoms with Gasteiger partial charge in [-0.3, -0.25) is 9.59 Å². The van der Waals surface area contributed by atoms with Crippen molar-refractivity contribution < 1.29 is 41.4 Å². The first-order chi connectivity index (χ1) is 15.0. The van der Waals surface area contributed by atoms with Crippen molar-refractivity contribution in [3.05, 3.63) is 50.6 Å². The summed E-state index contributed by atoms with van der Waals surface area (Å²) in [5, 5.41) is 12.7. The molecule has 0 bridgehead atoms. The number of carbonyl (C=O) groups is 2. The number of nitrogens with two attached hydrogens (primary N) is 1. The fraction of sp³-hybridized carbons (Fsp3) is 0.429. The Hall–Kier alpha value is -2.22. The Kier molecular flexibility index (Phi) is 6.10. The largest absolute Gasteiger partial charge is 0.441 e. The van der Waals surface area contributed by atoms with Crippen LogP contribution in [0.25, 0.3) is 0 Å². The molecular formula is C21H20F5IN2O4. The van der Waals surface area contributed by atoms with Gasteiger partial charge in [0.2, 0.25) is 11.8 Å². The summed E-state index contributed by atoms with van der Waals surface area (Å²) in [6, 6.07) is 1.17. The van der Waals surface area contributed by atoms with Crippen molar-refractivity contribution in [1.29, 1.82) is 0 Å². The van der Waals surface area contributed by atoms with E-state index in [2.05, 4.69) is 10.1 Å². The number of hydrogen-bond acceptors (Lipinski definition) is 4. The lowest BCUT2D eigenvalue weighted by atomic mass is 9.65. The zero-order valence-electron chi connectivity index (χ0n) is 17.6. The molecule has 3 atom stereocenters. The number of alkyl halides is 5. The predicted molar refractivity (Wildman–Crippen MR) is 116 cm³/mol. The van der Waals surface area contributed by atoms with Crippen LogP contribution >= 0.6 is 22.6 Å². The van der Waals surface area contributed by atoms with Crippen molar-refractivity contribution in [2.75, 3.05) is 0 Å². The molecule has 1 heterocycles. The van der Waals surface area contributed by atoms with Gasteiger partial charge in [0.1, 0.15) is 11.2 Å². The average Bonchev–Trinajstić information content (AvgIpc) is 2.86. The smallest absolute Gasteiger partial charge is 0.429 e. The summed E-state index contributed by atoms with van der Waals surface area (Å²) >= 11 is 1.84. The molecule has 0 spiro atoms. The van der Waals surface area contributed by atoms with Crippen molar-refractivity contribution >= 4 is 34.4 Å². The minimum Gasteiger partial charge on any atom is -0.429 e. The summed E-state index contributed by atoms with van der Waals surface area (Å²) in [4.78, 5) is 25.9. The number of allylic oxidation sites excluding steroid dienone is 2. The Balaban J connectivity index is 2.29. The second kappa shape index (κ2) is 7.93. The maximum atomic E-state index is 14.3. The molecule has 180 valence electrons. The Labute approximate surface area is 199 Å². The third-order valence-corrected chi connectivity index (χ3v) is 6.66. The lowest BCUT2D eigenvalue weighted by Crippen LogP contribution is -2.55. The van der Waals surface area contributed by atoms with Gasteiger partial charge in [-0.15, -0.1) is 0 Å². The van der Waals surface area contributed by atoms with Gasteiger partial charge in [0.25, 0.3) is 5.60 Å². The van der Waals surface area contributed by atoms with Gasteiger partial charge in [0.05, 0.1) is 5.92 Å². The quantitative estimate of drug-likeness (QED) is 0.372. The number of ether oxygens (including phenoxy) is 1. The van der Waals surface area contributed by atoms with Crippen molar-refractivity contribution in [2.24, 2.45) is 11.7 Å². The van der Waals surface area contributed by atoms with Crippen LogP contribution in [-0.2, 0) is 20.6 Å². The number of carbonyl (C=O) groups excluding carboxylic acids is 2. The van der Waals surface area contributed by atoms with Crippen LogP contribution in [-0.4, -0.2) is 35.2 Å². The minimum absolute atomic E-state index is 0.0744. The average molecular weight is 586 g/mol. The van der Waals surface area contributed by atoms with Crippen molar-refractivity contribution in [2.45, 2.75) is 50.1 Å². The van der Waals surface area contributed by atoms with E-state index in [0.717, 1.165) is 6.07 Å². The van der Waals surface area contributed by atoms with Gasteiger partial charge in [-0.05, 0) is 66.6 Å². The van der Waals surface area contributed by atoms with Gasteiger partial charge in [0, 0.05) is 15.2 Å². The van der Waals surface area contributed by atoms with Gasteiger partial charge in [-0.25, -0.2) is 0 Å². The SMILES string of the molecule is Cc1cc2c(cc1C1(C(N)=O)C=CC=C(I)C1C(=O)NC(C)C)OC(F)(F)C2(O)C(F)(F)F. The lowest BCUT2D eigenvalue weighted by Gasteiger charge is -2.38. The van der Waals surface area contributed by atoms with E-state index >= 15 is 0 Å². The third-order valence-electron chi connectivity index (χ3n) is 5.68. The van der Waals surface area contributed by atoms with Gasteiger partial charge in [-0.2, -0.15) is 22.0 Å². The topological polar surface area (TPSA) is 102 Å². The van der Waals surface area contributed by atoms with Crippen molar-refractivity contribution in [3.63, 3.8) is 0 Å². The van der Waals surface area contributed by atoms with Crippen LogP contribution in [0.4, 0.5) is 22.0 Å². The summed E-state index contributed by atoms with van der Waals surface area (Å²) in [6.45, 7) is 4.64. The van der Waals surface area contributed by atoms with E-state index in [1.54, 1.807) is 19.9 Å². The second-order valence-corrected chi connectivity index (χ2v) is 9.48. The van der Waals surface area contributed by atoms with Crippen LogP contribution in [0.5, 0.6) is 5.75 Å². The molecule has 12 heteroatoms. The highest BCUT2D eigenvalue weighted by atomic mass is 127. The molecule has 1 aromatic rings. The number of fused-ring (bicyclic) bond motifs is 1. The summed E-state index contributed by atoms with van der Waals surface area (Å²) < 4.78 is 73.7. The van der Waals surface area contributed by atoms with E-state index in [4.69, 9.17) is 5.73 Å².